The molecule has 0 saturated carbocycles. The van der Waals surface area contributed by atoms with Gasteiger partial charge in [0.25, 0.3) is 0 Å². The third-order valence-electron chi connectivity index (χ3n) is 14.5. The molecule has 0 unspecified atom stereocenters. The Kier molecular flexibility index (Phi) is 14.2. The first-order valence-electron chi connectivity index (χ1n) is 25.8. The van der Waals surface area contributed by atoms with Gasteiger partial charge in [-0.3, -0.25) is 0 Å². The molecule has 0 bridgehead atoms. The lowest BCUT2D eigenvalue weighted by molar-refractivity contribution is 0.426. The van der Waals surface area contributed by atoms with Crippen molar-refractivity contribution in [3.63, 3.8) is 0 Å². The van der Waals surface area contributed by atoms with Gasteiger partial charge in [-0.25, -0.2) is 0 Å². The SMILES string of the molecule is Brc1ccc(Br)cc1.OB(O)c1c2ccccc2c(-c2ccccc2)c2ccccc12.c1ccc(-c2c3ccccc3c(-c3ccc(-c4c5ccccc5c(-c5ccccc5)c5ccccc45)cc3)c3ccccc23)cc1. The van der Waals surface area contributed by atoms with E-state index in [2.05, 4.69) is 226 Å². The molecular weight excluding hydrogens is 1070 g/mol. The topological polar surface area (TPSA) is 40.5 Å². The van der Waals surface area contributed by atoms with Crippen LogP contribution >= 0.6 is 31.9 Å². The molecule has 0 saturated heterocycles. The van der Waals surface area contributed by atoms with E-state index in [4.69, 9.17) is 0 Å². The summed E-state index contributed by atoms with van der Waals surface area (Å²) in [6, 6.07) is 100. The van der Waals surface area contributed by atoms with Gasteiger partial charge in [0.15, 0.2) is 0 Å². The minimum atomic E-state index is -1.50. The molecule has 0 aliphatic carbocycles. The largest absolute Gasteiger partial charge is 0.489 e. The molecule has 366 valence electrons. The van der Waals surface area contributed by atoms with Crippen LogP contribution in [0.15, 0.2) is 294 Å². The maximum Gasteiger partial charge on any atom is 0.489 e. The Bertz CT molecular complexity index is 4040. The van der Waals surface area contributed by atoms with Crippen LogP contribution in [-0.4, -0.2) is 17.2 Å². The molecule has 0 aliphatic rings. The molecule has 0 aromatic heterocycles. The van der Waals surface area contributed by atoms with E-state index in [0.29, 0.717) is 5.46 Å². The summed E-state index contributed by atoms with van der Waals surface area (Å²) in [5, 5.41) is 33.9. The first-order valence-corrected chi connectivity index (χ1v) is 27.4. The molecule has 0 atom stereocenters. The van der Waals surface area contributed by atoms with Crippen molar-refractivity contribution in [2.24, 2.45) is 0 Å². The number of fused-ring (bicyclic) bond motifs is 6. The summed E-state index contributed by atoms with van der Waals surface area (Å²) in [5.41, 5.74) is 12.9. The molecular formula is C72H49BBr2O2. The first-order chi connectivity index (χ1) is 37.9. The van der Waals surface area contributed by atoms with Gasteiger partial charge in [-0.05, 0) is 150 Å². The molecule has 14 aromatic carbocycles. The van der Waals surface area contributed by atoms with Gasteiger partial charge < -0.3 is 10.0 Å². The van der Waals surface area contributed by atoms with Crippen molar-refractivity contribution in [1.82, 2.24) is 0 Å². The van der Waals surface area contributed by atoms with Crippen LogP contribution in [0, 0.1) is 0 Å². The molecule has 14 aromatic rings. The van der Waals surface area contributed by atoms with Gasteiger partial charge in [0.1, 0.15) is 0 Å². The lowest BCUT2D eigenvalue weighted by atomic mass is 9.72. The van der Waals surface area contributed by atoms with Crippen molar-refractivity contribution in [2.45, 2.75) is 0 Å². The molecule has 0 amide bonds. The Balaban J connectivity index is 0.000000158. The molecule has 14 rings (SSSR count). The van der Waals surface area contributed by atoms with Gasteiger partial charge in [-0.2, -0.15) is 0 Å². The number of hydrogen-bond acceptors (Lipinski definition) is 2. The van der Waals surface area contributed by atoms with Gasteiger partial charge >= 0.3 is 7.12 Å². The van der Waals surface area contributed by atoms with Crippen molar-refractivity contribution >= 4 is 109 Å². The second-order valence-electron chi connectivity index (χ2n) is 19.0. The van der Waals surface area contributed by atoms with Crippen molar-refractivity contribution in [1.29, 1.82) is 0 Å². The Hall–Kier alpha value is -8.42. The maximum atomic E-state index is 9.94. The van der Waals surface area contributed by atoms with Gasteiger partial charge in [0.05, 0.1) is 0 Å². The van der Waals surface area contributed by atoms with Crippen LogP contribution < -0.4 is 5.46 Å². The van der Waals surface area contributed by atoms with Crippen molar-refractivity contribution < 1.29 is 10.0 Å². The van der Waals surface area contributed by atoms with E-state index in [1.807, 2.05) is 91.0 Å². The van der Waals surface area contributed by atoms with Crippen LogP contribution in [0.1, 0.15) is 0 Å². The first kappa shape index (κ1) is 49.5. The normalized spacial score (nSPS) is 11.1. The van der Waals surface area contributed by atoms with E-state index < -0.39 is 7.12 Å². The van der Waals surface area contributed by atoms with Crippen LogP contribution in [-0.2, 0) is 0 Å². The highest BCUT2D eigenvalue weighted by Gasteiger charge is 2.23. The zero-order chi connectivity index (χ0) is 52.2. The molecule has 2 nitrogen and oxygen atoms in total. The minimum Gasteiger partial charge on any atom is -0.423 e. The molecule has 0 aliphatic heterocycles. The predicted octanol–water partition coefficient (Wildman–Crippen LogP) is 19.5. The lowest BCUT2D eigenvalue weighted by Crippen LogP contribution is -2.31. The highest BCUT2D eigenvalue weighted by molar-refractivity contribution is 9.11. The number of halogens is 2. The zero-order valence-electron chi connectivity index (χ0n) is 41.9. The van der Waals surface area contributed by atoms with Crippen LogP contribution in [0.2, 0.25) is 0 Å². The minimum absolute atomic E-state index is 0.566. The summed E-state index contributed by atoms with van der Waals surface area (Å²) in [4.78, 5) is 0. The summed E-state index contributed by atoms with van der Waals surface area (Å²) in [6.07, 6.45) is 0. The van der Waals surface area contributed by atoms with Crippen molar-refractivity contribution in [3.05, 3.63) is 294 Å². The Morgan fingerprint density at radius 1 is 0.195 bits per heavy atom. The average molecular weight is 1120 g/mol. The molecule has 5 heteroatoms. The van der Waals surface area contributed by atoms with Crippen LogP contribution in [0.4, 0.5) is 0 Å². The predicted molar refractivity (Wildman–Crippen MR) is 337 cm³/mol. The Labute approximate surface area is 465 Å². The van der Waals surface area contributed by atoms with Crippen LogP contribution in [0.5, 0.6) is 0 Å². The standard InChI is InChI=1S/C46H30.C20H15BO2.C6H4Br2/c1-3-15-31(16-4-1)43-35-19-7-11-23-39(35)45(40-24-12-8-20-36(40)43)33-27-29-34(30-28-33)46-41-25-13-9-21-37(41)44(32-17-5-2-6-18-32)38-22-10-14-26-42(38)46;22-21(23)20-17-12-6-4-10-15(17)19(14-8-2-1-3-9-14)16-11-5-7-13-18(16)20;7-5-1-2-6(8)4-3-5/h1-30H;1-13,22-23H;1-4H. The smallest absolute Gasteiger partial charge is 0.423 e. The molecule has 2 N–H and O–H groups in total. The average Bonchev–Trinajstić information content (AvgIpc) is 3.51. The van der Waals surface area contributed by atoms with Gasteiger partial charge in [-0.1, -0.05) is 293 Å². The summed E-state index contributed by atoms with van der Waals surface area (Å²) in [6.45, 7) is 0. The van der Waals surface area contributed by atoms with Crippen molar-refractivity contribution in [3.8, 4) is 55.6 Å². The molecule has 0 radical (unpaired) electrons. The lowest BCUT2D eigenvalue weighted by Gasteiger charge is -2.19. The van der Waals surface area contributed by atoms with E-state index in [-0.39, 0.29) is 0 Å². The summed E-state index contributed by atoms with van der Waals surface area (Å²) in [5.74, 6) is 0. The number of rotatable bonds is 6. The van der Waals surface area contributed by atoms with E-state index in [0.717, 1.165) is 41.6 Å². The van der Waals surface area contributed by atoms with E-state index in [1.165, 1.54) is 87.6 Å². The van der Waals surface area contributed by atoms with Gasteiger partial charge in [-0.15, -0.1) is 0 Å². The van der Waals surface area contributed by atoms with Crippen LogP contribution in [0.25, 0.3) is 120 Å². The monoisotopic (exact) mass is 1110 g/mol. The highest BCUT2D eigenvalue weighted by atomic mass is 79.9. The maximum absolute atomic E-state index is 9.94. The third-order valence-corrected chi connectivity index (χ3v) is 15.6. The highest BCUT2D eigenvalue weighted by Crippen LogP contribution is 2.47. The second kappa shape index (κ2) is 22.0. The molecule has 0 spiro atoms. The summed E-state index contributed by atoms with van der Waals surface area (Å²) >= 11 is 6.65. The van der Waals surface area contributed by atoms with E-state index in [1.54, 1.807) is 0 Å². The summed E-state index contributed by atoms with van der Waals surface area (Å²) in [7, 11) is -1.50. The van der Waals surface area contributed by atoms with E-state index >= 15 is 0 Å². The number of hydrogen-bond donors (Lipinski definition) is 2. The summed E-state index contributed by atoms with van der Waals surface area (Å²) < 4.78 is 2.22. The molecule has 77 heavy (non-hydrogen) atoms. The number of benzene rings is 14. The Morgan fingerprint density at radius 2 is 0.364 bits per heavy atom. The molecule has 0 heterocycles. The van der Waals surface area contributed by atoms with E-state index in [9.17, 15) is 10.0 Å². The fraction of sp³-hybridized carbons (Fsp3) is 0. The Morgan fingerprint density at radius 3 is 0.571 bits per heavy atom. The van der Waals surface area contributed by atoms with Crippen LogP contribution in [0.3, 0.4) is 0 Å². The van der Waals surface area contributed by atoms with Crippen molar-refractivity contribution in [2.75, 3.05) is 0 Å². The quantitative estimate of drug-likeness (QED) is 0.129. The third kappa shape index (κ3) is 9.65. The molecule has 0 fully saturated rings. The fourth-order valence-electron chi connectivity index (χ4n) is 11.3. The fourth-order valence-corrected chi connectivity index (χ4v) is 11.8. The second-order valence-corrected chi connectivity index (χ2v) is 20.9. The zero-order valence-corrected chi connectivity index (χ0v) is 45.0. The van der Waals surface area contributed by atoms with Gasteiger partial charge in [0, 0.05) is 8.95 Å². The van der Waals surface area contributed by atoms with Gasteiger partial charge in [0.2, 0.25) is 0 Å².